The first kappa shape index (κ1) is 12.1. The minimum atomic E-state index is -3.39. The molecule has 0 amide bonds. The van der Waals surface area contributed by atoms with Crippen LogP contribution in [-0.4, -0.2) is 26.3 Å². The van der Waals surface area contributed by atoms with Crippen molar-refractivity contribution in [2.75, 3.05) is 12.9 Å². The molecule has 84 valence electrons. The molecule has 15 heavy (non-hydrogen) atoms. The number of hydrogen-bond donors (Lipinski definition) is 0. The summed E-state index contributed by atoms with van der Waals surface area (Å²) in [6.45, 7) is 3.88. The third-order valence-electron chi connectivity index (χ3n) is 1.99. The van der Waals surface area contributed by atoms with Gasteiger partial charge in [-0.2, -0.15) is 8.42 Å². The summed E-state index contributed by atoms with van der Waals surface area (Å²) in [5.41, 5.74) is 0.401. The van der Waals surface area contributed by atoms with E-state index in [1.807, 2.05) is 32.0 Å². The standard InChI is InChI=1S/C10H15NO3S/c1-10(2,8-14-15(3,12)13)9-6-4-5-7-11-9/h4-7H,8H2,1-3H3. The van der Waals surface area contributed by atoms with Gasteiger partial charge in [-0.25, -0.2) is 0 Å². The Labute approximate surface area is 90.4 Å². The molecule has 0 aliphatic rings. The zero-order chi connectivity index (χ0) is 11.5. The van der Waals surface area contributed by atoms with Crippen LogP contribution in [0.15, 0.2) is 24.4 Å². The number of pyridine rings is 1. The van der Waals surface area contributed by atoms with E-state index in [4.69, 9.17) is 4.18 Å². The van der Waals surface area contributed by atoms with E-state index in [0.29, 0.717) is 0 Å². The van der Waals surface area contributed by atoms with E-state index in [-0.39, 0.29) is 6.61 Å². The highest BCUT2D eigenvalue weighted by molar-refractivity contribution is 7.85. The van der Waals surface area contributed by atoms with E-state index in [2.05, 4.69) is 4.98 Å². The van der Waals surface area contributed by atoms with Crippen molar-refractivity contribution in [2.24, 2.45) is 0 Å². The Morgan fingerprint density at radius 3 is 2.53 bits per heavy atom. The molecule has 0 fully saturated rings. The summed E-state index contributed by atoms with van der Waals surface area (Å²) in [5.74, 6) is 0. The van der Waals surface area contributed by atoms with Crippen molar-refractivity contribution in [3.63, 3.8) is 0 Å². The van der Waals surface area contributed by atoms with Gasteiger partial charge >= 0.3 is 0 Å². The number of nitrogens with zero attached hydrogens (tertiary/aromatic N) is 1. The van der Waals surface area contributed by atoms with E-state index in [9.17, 15) is 8.42 Å². The summed E-state index contributed by atoms with van der Waals surface area (Å²) < 4.78 is 26.5. The molecule has 0 saturated heterocycles. The van der Waals surface area contributed by atoms with E-state index in [1.165, 1.54) is 0 Å². The third kappa shape index (κ3) is 3.97. The Morgan fingerprint density at radius 1 is 1.40 bits per heavy atom. The highest BCUT2D eigenvalue weighted by Gasteiger charge is 2.24. The number of hydrogen-bond acceptors (Lipinski definition) is 4. The molecule has 1 heterocycles. The topological polar surface area (TPSA) is 56.3 Å². The second-order valence-corrected chi connectivity index (χ2v) is 5.71. The summed E-state index contributed by atoms with van der Waals surface area (Å²) in [5, 5.41) is 0. The van der Waals surface area contributed by atoms with Crippen LogP contribution in [0.1, 0.15) is 19.5 Å². The van der Waals surface area contributed by atoms with Crippen LogP contribution >= 0.6 is 0 Å². The van der Waals surface area contributed by atoms with Crippen molar-refractivity contribution in [1.29, 1.82) is 0 Å². The van der Waals surface area contributed by atoms with Gasteiger partial charge in [-0.05, 0) is 12.1 Å². The first-order valence-electron chi connectivity index (χ1n) is 4.57. The Kier molecular flexibility index (Phi) is 3.46. The average molecular weight is 229 g/mol. The van der Waals surface area contributed by atoms with E-state index in [0.717, 1.165) is 11.9 Å². The molecule has 0 aliphatic carbocycles. The van der Waals surface area contributed by atoms with Crippen molar-refractivity contribution >= 4 is 10.1 Å². The molecule has 0 aromatic carbocycles. The summed E-state index contributed by atoms with van der Waals surface area (Å²) in [7, 11) is -3.39. The molecule has 5 heteroatoms. The maximum Gasteiger partial charge on any atom is 0.264 e. The Bertz CT molecular complexity index is 412. The van der Waals surface area contributed by atoms with Crippen molar-refractivity contribution < 1.29 is 12.6 Å². The lowest BCUT2D eigenvalue weighted by Crippen LogP contribution is -2.27. The third-order valence-corrected chi connectivity index (χ3v) is 2.54. The van der Waals surface area contributed by atoms with E-state index >= 15 is 0 Å². The largest absolute Gasteiger partial charge is 0.269 e. The predicted octanol–water partition coefficient (Wildman–Crippen LogP) is 1.34. The quantitative estimate of drug-likeness (QED) is 0.731. The molecule has 0 saturated carbocycles. The lowest BCUT2D eigenvalue weighted by Gasteiger charge is -2.22. The van der Waals surface area contributed by atoms with Gasteiger partial charge in [-0.1, -0.05) is 19.9 Å². The van der Waals surface area contributed by atoms with Gasteiger partial charge in [0.1, 0.15) is 0 Å². The predicted molar refractivity (Wildman–Crippen MR) is 58.1 cm³/mol. The van der Waals surface area contributed by atoms with Gasteiger partial charge in [-0.3, -0.25) is 9.17 Å². The molecule has 1 aromatic rings. The first-order valence-corrected chi connectivity index (χ1v) is 6.39. The van der Waals surface area contributed by atoms with Crippen LogP contribution < -0.4 is 0 Å². The number of aromatic nitrogens is 1. The van der Waals surface area contributed by atoms with Crippen LogP contribution in [0.3, 0.4) is 0 Å². The van der Waals surface area contributed by atoms with Crippen molar-refractivity contribution in [2.45, 2.75) is 19.3 Å². The normalized spacial score (nSPS) is 12.7. The van der Waals surface area contributed by atoms with Crippen LogP contribution in [0.4, 0.5) is 0 Å². The SMILES string of the molecule is CC(C)(COS(C)(=O)=O)c1ccccn1. The maximum absolute atomic E-state index is 10.9. The Balaban J connectivity index is 2.76. The zero-order valence-electron chi connectivity index (χ0n) is 9.10. The molecule has 1 aromatic heterocycles. The Hall–Kier alpha value is -0.940. The van der Waals surface area contributed by atoms with Crippen molar-refractivity contribution in [1.82, 2.24) is 4.98 Å². The molecule has 0 bridgehead atoms. The molecule has 0 aliphatic heterocycles. The van der Waals surface area contributed by atoms with Gasteiger partial charge in [0.15, 0.2) is 0 Å². The van der Waals surface area contributed by atoms with Gasteiger partial charge < -0.3 is 0 Å². The summed E-state index contributed by atoms with van der Waals surface area (Å²) in [6.07, 6.45) is 2.72. The average Bonchev–Trinajstić information content (AvgIpc) is 2.16. The van der Waals surface area contributed by atoms with Crippen LogP contribution in [-0.2, 0) is 19.7 Å². The molecular formula is C10H15NO3S. The van der Waals surface area contributed by atoms with Gasteiger partial charge in [0, 0.05) is 17.3 Å². The molecular weight excluding hydrogens is 214 g/mol. The molecule has 0 spiro atoms. The lowest BCUT2D eigenvalue weighted by atomic mass is 9.90. The fourth-order valence-electron chi connectivity index (χ4n) is 1.09. The smallest absolute Gasteiger partial charge is 0.264 e. The highest BCUT2D eigenvalue weighted by atomic mass is 32.2. The van der Waals surface area contributed by atoms with Gasteiger partial charge in [0.05, 0.1) is 12.9 Å². The zero-order valence-corrected chi connectivity index (χ0v) is 9.91. The molecule has 0 N–H and O–H groups in total. The summed E-state index contributed by atoms with van der Waals surface area (Å²) in [6, 6.07) is 5.53. The van der Waals surface area contributed by atoms with Crippen molar-refractivity contribution in [3.8, 4) is 0 Å². The van der Waals surface area contributed by atoms with Gasteiger partial charge in [-0.15, -0.1) is 0 Å². The first-order chi connectivity index (χ1) is 6.81. The fourth-order valence-corrected chi connectivity index (χ4v) is 1.60. The summed E-state index contributed by atoms with van der Waals surface area (Å²) >= 11 is 0. The molecule has 1 rings (SSSR count). The van der Waals surface area contributed by atoms with Crippen molar-refractivity contribution in [3.05, 3.63) is 30.1 Å². The minimum Gasteiger partial charge on any atom is -0.269 e. The fraction of sp³-hybridized carbons (Fsp3) is 0.500. The van der Waals surface area contributed by atoms with Gasteiger partial charge in [0.2, 0.25) is 0 Å². The Morgan fingerprint density at radius 2 is 2.07 bits per heavy atom. The van der Waals surface area contributed by atoms with E-state index < -0.39 is 15.5 Å². The minimum absolute atomic E-state index is 0.100. The van der Waals surface area contributed by atoms with Crippen LogP contribution in [0, 0.1) is 0 Å². The summed E-state index contributed by atoms with van der Waals surface area (Å²) in [4.78, 5) is 4.18. The maximum atomic E-state index is 10.9. The molecule has 0 unspecified atom stereocenters. The molecule has 0 radical (unpaired) electrons. The highest BCUT2D eigenvalue weighted by Crippen LogP contribution is 2.21. The lowest BCUT2D eigenvalue weighted by molar-refractivity contribution is 0.244. The second-order valence-electron chi connectivity index (χ2n) is 4.07. The van der Waals surface area contributed by atoms with Crippen LogP contribution in [0.5, 0.6) is 0 Å². The van der Waals surface area contributed by atoms with Crippen LogP contribution in [0.2, 0.25) is 0 Å². The van der Waals surface area contributed by atoms with Crippen LogP contribution in [0.25, 0.3) is 0 Å². The molecule has 0 atom stereocenters. The van der Waals surface area contributed by atoms with Gasteiger partial charge in [0.25, 0.3) is 10.1 Å². The molecule has 4 nitrogen and oxygen atoms in total. The van der Waals surface area contributed by atoms with E-state index in [1.54, 1.807) is 6.20 Å². The second kappa shape index (κ2) is 4.28. The monoisotopic (exact) mass is 229 g/mol. The number of rotatable bonds is 4.